The molecule has 1 saturated carbocycles. The molecule has 0 unspecified atom stereocenters. The molecular weight excluding hydrogens is 403 g/mol. The molecule has 1 N–H and O–H groups in total. The number of halogens is 1. The fourth-order valence-corrected chi connectivity index (χ4v) is 5.50. The van der Waals surface area contributed by atoms with Gasteiger partial charge in [-0.05, 0) is 60.6 Å². The van der Waals surface area contributed by atoms with Crippen LogP contribution in [0.3, 0.4) is 0 Å². The lowest BCUT2D eigenvalue weighted by Crippen LogP contribution is -2.31. The summed E-state index contributed by atoms with van der Waals surface area (Å²) in [7, 11) is 0. The highest BCUT2D eigenvalue weighted by Gasteiger charge is 2.35. The Morgan fingerprint density at radius 2 is 1.84 bits per heavy atom. The lowest BCUT2D eigenvalue weighted by Gasteiger charge is -2.30. The van der Waals surface area contributed by atoms with E-state index in [1.54, 1.807) is 10.6 Å². The van der Waals surface area contributed by atoms with Gasteiger partial charge < -0.3 is 5.32 Å². The van der Waals surface area contributed by atoms with Crippen molar-refractivity contribution in [1.29, 1.82) is 0 Å². The number of benzene rings is 2. The largest absolute Gasteiger partial charge is 0.382 e. The average molecular weight is 433 g/mol. The highest BCUT2D eigenvalue weighted by atomic mass is 19.1. The van der Waals surface area contributed by atoms with Crippen LogP contribution in [0.25, 0.3) is 22.0 Å². The first-order chi connectivity index (χ1) is 15.4. The zero-order valence-electron chi connectivity index (χ0n) is 18.7. The number of carbonyl (C=O) groups is 2. The van der Waals surface area contributed by atoms with Crippen LogP contribution in [0.5, 0.6) is 0 Å². The number of carbonyl (C=O) groups excluding carboxylic acids is 2. The lowest BCUT2D eigenvalue weighted by atomic mass is 9.80. The molecule has 3 aromatic rings. The van der Waals surface area contributed by atoms with E-state index in [0.29, 0.717) is 23.5 Å². The van der Waals surface area contributed by atoms with Crippen LogP contribution < -0.4 is 5.32 Å². The SMILES string of the molecule is CC1(C)CC(=O)n2c(c(-c3ccc(C=O)c(NC4CCCCC4)c3)c3ccc(F)cc32)C1. The molecule has 2 aliphatic rings. The Morgan fingerprint density at radius 1 is 1.06 bits per heavy atom. The van der Waals surface area contributed by atoms with E-state index in [4.69, 9.17) is 0 Å². The summed E-state index contributed by atoms with van der Waals surface area (Å²) in [5, 5.41) is 4.47. The van der Waals surface area contributed by atoms with Crippen molar-refractivity contribution in [2.45, 2.75) is 64.8 Å². The van der Waals surface area contributed by atoms with Crippen molar-refractivity contribution in [2.75, 3.05) is 5.32 Å². The molecule has 5 rings (SSSR count). The lowest BCUT2D eigenvalue weighted by molar-refractivity contribution is 0.0816. The third kappa shape index (κ3) is 3.64. The van der Waals surface area contributed by atoms with Crippen LogP contribution >= 0.6 is 0 Å². The summed E-state index contributed by atoms with van der Waals surface area (Å²) in [4.78, 5) is 24.8. The number of nitrogens with zero attached hydrogens (tertiary/aromatic N) is 1. The third-order valence-electron chi connectivity index (χ3n) is 6.99. The average Bonchev–Trinajstić information content (AvgIpc) is 3.06. The first kappa shape index (κ1) is 20.9. The summed E-state index contributed by atoms with van der Waals surface area (Å²) in [6.45, 7) is 4.20. The Hall–Kier alpha value is -2.95. The van der Waals surface area contributed by atoms with Gasteiger partial charge in [0, 0.05) is 40.4 Å². The van der Waals surface area contributed by atoms with Gasteiger partial charge in [-0.1, -0.05) is 39.2 Å². The predicted octanol–water partition coefficient (Wildman–Crippen LogP) is 6.62. The van der Waals surface area contributed by atoms with Crippen molar-refractivity contribution in [3.8, 4) is 11.1 Å². The maximum Gasteiger partial charge on any atom is 0.231 e. The van der Waals surface area contributed by atoms with E-state index in [2.05, 4.69) is 19.2 Å². The van der Waals surface area contributed by atoms with Crippen molar-refractivity contribution in [2.24, 2.45) is 5.41 Å². The van der Waals surface area contributed by atoms with Crippen LogP contribution in [-0.2, 0) is 6.42 Å². The van der Waals surface area contributed by atoms with Gasteiger partial charge in [-0.25, -0.2) is 4.39 Å². The Balaban J connectivity index is 1.69. The number of anilines is 1. The molecular formula is C27H29FN2O2. The van der Waals surface area contributed by atoms with E-state index in [1.807, 2.05) is 18.2 Å². The zero-order chi connectivity index (χ0) is 22.5. The van der Waals surface area contributed by atoms with Crippen LogP contribution in [-0.4, -0.2) is 22.8 Å². The second-order valence-corrected chi connectivity index (χ2v) is 10.1. The highest BCUT2D eigenvalue weighted by Crippen LogP contribution is 2.43. The number of aromatic nitrogens is 1. The van der Waals surface area contributed by atoms with Gasteiger partial charge in [-0.2, -0.15) is 0 Å². The van der Waals surface area contributed by atoms with Gasteiger partial charge in [-0.15, -0.1) is 0 Å². The molecule has 0 spiro atoms. The van der Waals surface area contributed by atoms with Gasteiger partial charge >= 0.3 is 0 Å². The quantitative estimate of drug-likeness (QED) is 0.472. The molecule has 32 heavy (non-hydrogen) atoms. The van der Waals surface area contributed by atoms with Gasteiger partial charge in [0.15, 0.2) is 6.29 Å². The Bertz CT molecular complexity index is 1220. The third-order valence-corrected chi connectivity index (χ3v) is 6.99. The van der Waals surface area contributed by atoms with Crippen LogP contribution in [0.1, 0.15) is 73.2 Å². The van der Waals surface area contributed by atoms with E-state index in [0.717, 1.165) is 53.4 Å². The molecule has 1 fully saturated rings. The molecule has 2 heterocycles. The minimum atomic E-state index is -0.349. The molecule has 0 amide bonds. The van der Waals surface area contributed by atoms with Gasteiger partial charge in [-0.3, -0.25) is 14.2 Å². The molecule has 2 aromatic carbocycles. The summed E-state index contributed by atoms with van der Waals surface area (Å²) in [6.07, 6.45) is 7.93. The molecule has 0 saturated heterocycles. The number of hydrogen-bond acceptors (Lipinski definition) is 3. The minimum absolute atomic E-state index is 0.00293. The minimum Gasteiger partial charge on any atom is -0.382 e. The highest BCUT2D eigenvalue weighted by molar-refractivity contribution is 6.05. The van der Waals surface area contributed by atoms with Gasteiger partial charge in [0.25, 0.3) is 0 Å². The van der Waals surface area contributed by atoms with Crippen LogP contribution in [0.4, 0.5) is 10.1 Å². The maximum absolute atomic E-state index is 14.1. The van der Waals surface area contributed by atoms with Crippen LogP contribution in [0.2, 0.25) is 0 Å². The first-order valence-electron chi connectivity index (χ1n) is 11.6. The molecule has 1 aliphatic carbocycles. The standard InChI is InChI=1S/C27H29FN2O2/c1-27(2)14-24-26(21-11-10-19(28)13-23(21)30(24)25(32)15-27)17-8-9-18(16-31)22(12-17)29-20-6-4-3-5-7-20/h8-13,16,20,29H,3-7,14-15H2,1-2H3. The second kappa shape index (κ2) is 7.88. The normalized spacial score (nSPS) is 18.5. The molecule has 0 atom stereocenters. The molecule has 4 nitrogen and oxygen atoms in total. The van der Waals surface area contributed by atoms with Crippen LogP contribution in [0, 0.1) is 11.2 Å². The van der Waals surface area contributed by atoms with Crippen molar-refractivity contribution in [3.05, 3.63) is 53.5 Å². The molecule has 1 aromatic heterocycles. The molecule has 1 aliphatic heterocycles. The van der Waals surface area contributed by atoms with E-state index in [1.165, 1.54) is 31.4 Å². The molecule has 5 heteroatoms. The maximum atomic E-state index is 14.1. The fourth-order valence-electron chi connectivity index (χ4n) is 5.50. The van der Waals surface area contributed by atoms with Crippen LogP contribution in [0.15, 0.2) is 36.4 Å². The number of aldehydes is 1. The monoisotopic (exact) mass is 432 g/mol. The number of nitrogens with one attached hydrogen (secondary N) is 1. The summed E-state index contributed by atoms with van der Waals surface area (Å²) in [5.74, 6) is -0.346. The van der Waals surface area contributed by atoms with E-state index >= 15 is 0 Å². The van der Waals surface area contributed by atoms with Crippen molar-refractivity contribution < 1.29 is 14.0 Å². The van der Waals surface area contributed by atoms with Gasteiger partial charge in [0.1, 0.15) is 5.82 Å². The Kier molecular flexibility index (Phi) is 5.15. The number of rotatable bonds is 4. The van der Waals surface area contributed by atoms with E-state index < -0.39 is 0 Å². The first-order valence-corrected chi connectivity index (χ1v) is 11.6. The van der Waals surface area contributed by atoms with Crippen molar-refractivity contribution >= 4 is 28.8 Å². The smallest absolute Gasteiger partial charge is 0.231 e. The molecule has 0 radical (unpaired) electrons. The zero-order valence-corrected chi connectivity index (χ0v) is 18.7. The number of fused-ring (bicyclic) bond motifs is 3. The summed E-state index contributed by atoms with van der Waals surface area (Å²) in [5.41, 5.74) is 4.77. The number of hydrogen-bond donors (Lipinski definition) is 1. The topological polar surface area (TPSA) is 51.1 Å². The summed E-state index contributed by atoms with van der Waals surface area (Å²) >= 11 is 0. The van der Waals surface area contributed by atoms with Gasteiger partial charge in [0.05, 0.1) is 5.52 Å². The fraction of sp³-hybridized carbons (Fsp3) is 0.407. The molecule has 166 valence electrons. The molecule has 0 bridgehead atoms. The van der Waals surface area contributed by atoms with E-state index in [9.17, 15) is 14.0 Å². The predicted molar refractivity (Wildman–Crippen MR) is 126 cm³/mol. The Labute approximate surface area is 187 Å². The van der Waals surface area contributed by atoms with Crippen molar-refractivity contribution in [1.82, 2.24) is 4.57 Å². The van der Waals surface area contributed by atoms with Crippen molar-refractivity contribution in [3.63, 3.8) is 0 Å². The van der Waals surface area contributed by atoms with Gasteiger partial charge in [0.2, 0.25) is 5.91 Å². The Morgan fingerprint density at radius 3 is 2.59 bits per heavy atom. The summed E-state index contributed by atoms with van der Waals surface area (Å²) in [6, 6.07) is 10.9. The summed E-state index contributed by atoms with van der Waals surface area (Å²) < 4.78 is 15.9. The van der Waals surface area contributed by atoms with E-state index in [-0.39, 0.29) is 17.1 Å². The second-order valence-electron chi connectivity index (χ2n) is 10.1.